The maximum absolute atomic E-state index is 13.0. The molecular weight excluding hydrogens is 300 g/mol. The first-order valence-electron chi connectivity index (χ1n) is 7.33. The van der Waals surface area contributed by atoms with Crippen LogP contribution in [-0.2, 0) is 10.0 Å². The third kappa shape index (κ3) is 3.60. The second kappa shape index (κ2) is 7.61. The molecule has 1 aromatic rings. The molecule has 122 valence electrons. The minimum atomic E-state index is -3.62. The van der Waals surface area contributed by atoms with Gasteiger partial charge in [0.15, 0.2) is 0 Å². The molecule has 1 rings (SSSR count). The zero-order valence-electron chi connectivity index (χ0n) is 13.9. The zero-order chi connectivity index (χ0) is 16.9. The first kappa shape index (κ1) is 18.5. The highest BCUT2D eigenvalue weighted by atomic mass is 32.2. The number of nitrogens with zero attached hydrogens (tertiary/aromatic N) is 2. The molecule has 0 aliphatic heterocycles. The maximum atomic E-state index is 13.0. The van der Waals surface area contributed by atoms with E-state index in [-0.39, 0.29) is 13.0 Å². The number of rotatable bonds is 7. The first-order valence-corrected chi connectivity index (χ1v) is 8.77. The van der Waals surface area contributed by atoms with Gasteiger partial charge in [0.05, 0.1) is 18.1 Å². The lowest BCUT2D eigenvalue weighted by atomic mass is 10.1. The molecule has 5 nitrogen and oxygen atoms in total. The van der Waals surface area contributed by atoms with Crippen LogP contribution in [-0.4, -0.2) is 32.9 Å². The predicted octanol–water partition coefficient (Wildman–Crippen LogP) is 2.93. The van der Waals surface area contributed by atoms with Crippen molar-refractivity contribution in [3.63, 3.8) is 0 Å². The normalized spacial score (nSPS) is 11.5. The number of methoxy groups -OCH3 is 1. The minimum absolute atomic E-state index is 0.187. The fourth-order valence-corrected chi connectivity index (χ4v) is 4.55. The Hall–Kier alpha value is -1.58. The van der Waals surface area contributed by atoms with Crippen molar-refractivity contribution in [3.8, 4) is 11.8 Å². The van der Waals surface area contributed by atoms with E-state index in [4.69, 9.17) is 10.00 Å². The molecule has 0 N–H and O–H groups in total. The van der Waals surface area contributed by atoms with Crippen LogP contribution >= 0.6 is 0 Å². The van der Waals surface area contributed by atoms with Crippen LogP contribution in [0.3, 0.4) is 0 Å². The molecule has 0 radical (unpaired) electrons. The van der Waals surface area contributed by atoms with Gasteiger partial charge in [0.1, 0.15) is 5.75 Å². The Morgan fingerprint density at radius 1 is 1.23 bits per heavy atom. The van der Waals surface area contributed by atoms with Crippen LogP contribution in [0.5, 0.6) is 5.75 Å². The lowest BCUT2D eigenvalue weighted by molar-refractivity contribution is 0.408. The van der Waals surface area contributed by atoms with Crippen LogP contribution in [0.15, 0.2) is 11.0 Å². The topological polar surface area (TPSA) is 70.4 Å². The van der Waals surface area contributed by atoms with Gasteiger partial charge in [0.25, 0.3) is 0 Å². The van der Waals surface area contributed by atoms with Gasteiger partial charge in [-0.15, -0.1) is 0 Å². The Morgan fingerprint density at radius 2 is 1.86 bits per heavy atom. The fraction of sp³-hybridized carbons (Fsp3) is 0.562. The summed E-state index contributed by atoms with van der Waals surface area (Å²) in [6.45, 7) is 7.98. The molecule has 0 aliphatic rings. The second-order valence-electron chi connectivity index (χ2n) is 5.29. The molecular formula is C16H24N2O3S. The summed E-state index contributed by atoms with van der Waals surface area (Å²) >= 11 is 0. The van der Waals surface area contributed by atoms with Crippen LogP contribution in [0.2, 0.25) is 0 Å². The quantitative estimate of drug-likeness (QED) is 0.773. The van der Waals surface area contributed by atoms with Crippen molar-refractivity contribution < 1.29 is 13.2 Å². The van der Waals surface area contributed by atoms with E-state index >= 15 is 0 Å². The summed E-state index contributed by atoms with van der Waals surface area (Å²) in [5, 5.41) is 8.75. The van der Waals surface area contributed by atoms with Crippen molar-refractivity contribution in [1.29, 1.82) is 5.26 Å². The summed E-state index contributed by atoms with van der Waals surface area (Å²) in [5.41, 5.74) is 2.19. The first-order chi connectivity index (χ1) is 10.3. The number of nitriles is 1. The van der Waals surface area contributed by atoms with E-state index in [1.807, 2.05) is 19.9 Å². The standard InChI is InChI=1S/C16H24N2O3S/c1-6-9-18(10-7-8-17)22(19,20)16-12(2)11-15(21-5)13(3)14(16)4/h11H,6-7,9-10H2,1-5H3. The molecule has 0 unspecified atom stereocenters. The van der Waals surface area contributed by atoms with E-state index in [1.165, 1.54) is 4.31 Å². The summed E-state index contributed by atoms with van der Waals surface area (Å²) in [6, 6.07) is 3.77. The van der Waals surface area contributed by atoms with Crippen molar-refractivity contribution >= 4 is 10.0 Å². The summed E-state index contributed by atoms with van der Waals surface area (Å²) in [6.07, 6.45) is 0.893. The van der Waals surface area contributed by atoms with E-state index in [9.17, 15) is 8.42 Å². The van der Waals surface area contributed by atoms with E-state index in [0.717, 1.165) is 5.56 Å². The Morgan fingerprint density at radius 3 is 2.36 bits per heavy atom. The van der Waals surface area contributed by atoms with Gasteiger partial charge in [-0.2, -0.15) is 9.57 Å². The lowest BCUT2D eigenvalue weighted by Gasteiger charge is -2.24. The summed E-state index contributed by atoms with van der Waals surface area (Å²) in [5.74, 6) is 0.688. The van der Waals surface area contributed by atoms with E-state index < -0.39 is 10.0 Å². The molecule has 0 aliphatic carbocycles. The Labute approximate surface area is 133 Å². The number of sulfonamides is 1. The molecule has 0 bridgehead atoms. The molecule has 0 aromatic heterocycles. The Bertz CT molecular complexity index is 676. The van der Waals surface area contributed by atoms with Crippen molar-refractivity contribution in [1.82, 2.24) is 4.31 Å². The maximum Gasteiger partial charge on any atom is 0.243 e. The molecule has 0 heterocycles. The SMILES string of the molecule is CCCN(CCC#N)S(=O)(=O)c1c(C)cc(OC)c(C)c1C. The highest BCUT2D eigenvalue weighted by Gasteiger charge is 2.28. The Kier molecular flexibility index (Phi) is 6.39. The van der Waals surface area contributed by atoms with Crippen LogP contribution in [0, 0.1) is 32.1 Å². The van der Waals surface area contributed by atoms with Gasteiger partial charge in [-0.25, -0.2) is 8.42 Å². The van der Waals surface area contributed by atoms with Gasteiger partial charge in [-0.05, 0) is 49.9 Å². The molecule has 0 atom stereocenters. The fourth-order valence-electron chi connectivity index (χ4n) is 2.54. The smallest absolute Gasteiger partial charge is 0.243 e. The minimum Gasteiger partial charge on any atom is -0.496 e. The molecule has 0 saturated carbocycles. The molecule has 0 spiro atoms. The van der Waals surface area contributed by atoms with Crippen molar-refractivity contribution in [2.75, 3.05) is 20.2 Å². The monoisotopic (exact) mass is 324 g/mol. The van der Waals surface area contributed by atoms with E-state index in [2.05, 4.69) is 0 Å². The number of hydrogen-bond donors (Lipinski definition) is 0. The molecule has 0 saturated heterocycles. The van der Waals surface area contributed by atoms with Gasteiger partial charge in [-0.1, -0.05) is 6.92 Å². The van der Waals surface area contributed by atoms with E-state index in [0.29, 0.717) is 34.7 Å². The van der Waals surface area contributed by atoms with E-state index in [1.54, 1.807) is 27.0 Å². The molecule has 6 heteroatoms. The predicted molar refractivity (Wildman–Crippen MR) is 86.5 cm³/mol. The summed E-state index contributed by atoms with van der Waals surface area (Å²) in [4.78, 5) is 0.331. The van der Waals surface area contributed by atoms with Crippen molar-refractivity contribution in [3.05, 3.63) is 22.8 Å². The second-order valence-corrected chi connectivity index (χ2v) is 7.16. The van der Waals surface area contributed by atoms with Gasteiger partial charge >= 0.3 is 0 Å². The summed E-state index contributed by atoms with van der Waals surface area (Å²) in [7, 11) is -2.04. The Balaban J connectivity index is 3.44. The van der Waals surface area contributed by atoms with Gasteiger partial charge in [0, 0.05) is 19.5 Å². The van der Waals surface area contributed by atoms with Crippen LogP contribution in [0.1, 0.15) is 36.5 Å². The average molecular weight is 324 g/mol. The van der Waals surface area contributed by atoms with Crippen molar-refractivity contribution in [2.24, 2.45) is 0 Å². The summed E-state index contributed by atoms with van der Waals surface area (Å²) < 4.78 is 32.7. The molecule has 0 fully saturated rings. The third-order valence-electron chi connectivity index (χ3n) is 3.74. The van der Waals surface area contributed by atoms with Crippen LogP contribution < -0.4 is 4.74 Å². The number of ether oxygens (including phenoxy) is 1. The van der Waals surface area contributed by atoms with Crippen LogP contribution in [0.25, 0.3) is 0 Å². The van der Waals surface area contributed by atoms with Crippen molar-refractivity contribution in [2.45, 2.75) is 45.4 Å². The van der Waals surface area contributed by atoms with Gasteiger partial charge in [-0.3, -0.25) is 0 Å². The number of aryl methyl sites for hydroxylation is 1. The lowest BCUT2D eigenvalue weighted by Crippen LogP contribution is -2.33. The average Bonchev–Trinajstić information content (AvgIpc) is 2.46. The molecule has 0 amide bonds. The largest absolute Gasteiger partial charge is 0.496 e. The molecule has 22 heavy (non-hydrogen) atoms. The zero-order valence-corrected chi connectivity index (χ0v) is 14.7. The third-order valence-corrected chi connectivity index (χ3v) is 5.93. The van der Waals surface area contributed by atoms with Gasteiger partial charge in [0.2, 0.25) is 10.0 Å². The number of benzene rings is 1. The van der Waals surface area contributed by atoms with Crippen LogP contribution in [0.4, 0.5) is 0 Å². The van der Waals surface area contributed by atoms with Gasteiger partial charge < -0.3 is 4.74 Å². The highest BCUT2D eigenvalue weighted by Crippen LogP contribution is 2.32. The molecule has 1 aromatic carbocycles. The highest BCUT2D eigenvalue weighted by molar-refractivity contribution is 7.89. The number of hydrogen-bond acceptors (Lipinski definition) is 4.